The van der Waals surface area contributed by atoms with E-state index in [1.54, 1.807) is 36.4 Å². The molecule has 7 heteroatoms. The van der Waals surface area contributed by atoms with Gasteiger partial charge in [0.15, 0.2) is 11.5 Å². The van der Waals surface area contributed by atoms with Crippen LogP contribution in [-0.4, -0.2) is 12.7 Å². The van der Waals surface area contributed by atoms with E-state index in [2.05, 4.69) is 21.2 Å². The molecule has 1 aliphatic heterocycles. The molecule has 1 aliphatic rings. The van der Waals surface area contributed by atoms with Crippen LogP contribution in [0.2, 0.25) is 5.02 Å². The minimum atomic E-state index is -0.276. The molecule has 154 valence electrons. The molecule has 0 saturated carbocycles. The van der Waals surface area contributed by atoms with Gasteiger partial charge in [0.2, 0.25) is 6.79 Å². The third kappa shape index (κ3) is 3.92. The third-order valence-corrected chi connectivity index (χ3v) is 5.86. The molecule has 4 aromatic rings. The highest BCUT2D eigenvalue weighted by Gasteiger charge is 2.17. The summed E-state index contributed by atoms with van der Waals surface area (Å²) in [7, 11) is 0. The molecule has 5 rings (SSSR count). The van der Waals surface area contributed by atoms with Gasteiger partial charge in [-0.15, -0.1) is 0 Å². The van der Waals surface area contributed by atoms with Crippen molar-refractivity contribution in [1.82, 2.24) is 0 Å². The standard InChI is InChI=1S/C24H15BrClNO4/c25-18-7-10-20(17-4-2-1-3-16(17)18)31-21-9-6-15(12-19(21)26)27-24(28)14-5-8-22-23(11-14)30-13-29-22/h1-12H,13H2,(H,27,28). The van der Waals surface area contributed by atoms with Gasteiger partial charge in [-0.25, -0.2) is 0 Å². The molecular formula is C24H15BrClNO4. The molecule has 0 radical (unpaired) electrons. The molecule has 0 spiro atoms. The first kappa shape index (κ1) is 19.7. The Morgan fingerprint density at radius 2 is 1.68 bits per heavy atom. The van der Waals surface area contributed by atoms with Crippen molar-refractivity contribution in [3.8, 4) is 23.0 Å². The minimum absolute atomic E-state index is 0.158. The first-order valence-corrected chi connectivity index (χ1v) is 10.6. The Morgan fingerprint density at radius 1 is 0.903 bits per heavy atom. The normalized spacial score (nSPS) is 12.1. The molecule has 0 aliphatic carbocycles. The predicted octanol–water partition coefficient (Wildman–Crippen LogP) is 7.03. The van der Waals surface area contributed by atoms with Crippen LogP contribution in [0.4, 0.5) is 5.69 Å². The summed E-state index contributed by atoms with van der Waals surface area (Å²) < 4.78 is 17.7. The SMILES string of the molecule is O=C(Nc1ccc(Oc2ccc(Br)c3ccccc23)c(Cl)c1)c1ccc2c(c1)OCO2. The maximum absolute atomic E-state index is 12.6. The van der Waals surface area contributed by atoms with Gasteiger partial charge < -0.3 is 19.5 Å². The average Bonchev–Trinajstić information content (AvgIpc) is 3.25. The molecule has 0 unspecified atom stereocenters. The van der Waals surface area contributed by atoms with Gasteiger partial charge in [0, 0.05) is 21.1 Å². The van der Waals surface area contributed by atoms with Gasteiger partial charge in [-0.05, 0) is 53.9 Å². The van der Waals surface area contributed by atoms with Crippen LogP contribution in [-0.2, 0) is 0 Å². The number of hydrogen-bond acceptors (Lipinski definition) is 4. The van der Waals surface area contributed by atoms with Crippen LogP contribution < -0.4 is 19.5 Å². The smallest absolute Gasteiger partial charge is 0.255 e. The van der Waals surface area contributed by atoms with Crippen LogP contribution in [0.25, 0.3) is 10.8 Å². The molecular weight excluding hydrogens is 482 g/mol. The Hall–Kier alpha value is -3.22. The summed E-state index contributed by atoms with van der Waals surface area (Å²) in [6.45, 7) is 0.158. The molecule has 0 fully saturated rings. The van der Waals surface area contributed by atoms with Crippen molar-refractivity contribution in [2.45, 2.75) is 0 Å². The van der Waals surface area contributed by atoms with E-state index in [0.717, 1.165) is 15.2 Å². The fourth-order valence-electron chi connectivity index (χ4n) is 3.34. The van der Waals surface area contributed by atoms with Crippen molar-refractivity contribution in [3.63, 3.8) is 0 Å². The number of nitrogens with one attached hydrogen (secondary N) is 1. The number of fused-ring (bicyclic) bond motifs is 2. The van der Waals surface area contributed by atoms with Gasteiger partial charge in [0.25, 0.3) is 5.91 Å². The monoisotopic (exact) mass is 495 g/mol. The lowest BCUT2D eigenvalue weighted by Crippen LogP contribution is -2.11. The molecule has 5 nitrogen and oxygen atoms in total. The van der Waals surface area contributed by atoms with Gasteiger partial charge in [-0.3, -0.25) is 4.79 Å². The lowest BCUT2D eigenvalue weighted by molar-refractivity contribution is 0.102. The summed E-state index contributed by atoms with van der Waals surface area (Å²) in [5, 5.41) is 5.23. The van der Waals surface area contributed by atoms with E-state index in [1.807, 2.05) is 36.4 Å². The van der Waals surface area contributed by atoms with E-state index in [-0.39, 0.29) is 12.7 Å². The van der Waals surface area contributed by atoms with Crippen LogP contribution >= 0.6 is 27.5 Å². The molecule has 0 atom stereocenters. The summed E-state index contributed by atoms with van der Waals surface area (Å²) in [5.74, 6) is 2.09. The van der Waals surface area contributed by atoms with Crippen molar-refractivity contribution < 1.29 is 19.0 Å². The number of anilines is 1. The topological polar surface area (TPSA) is 56.8 Å². The molecule has 0 bridgehead atoms. The second kappa shape index (κ2) is 8.13. The zero-order valence-corrected chi connectivity index (χ0v) is 18.4. The van der Waals surface area contributed by atoms with Gasteiger partial charge in [0.1, 0.15) is 11.5 Å². The van der Waals surface area contributed by atoms with Crippen LogP contribution in [0, 0.1) is 0 Å². The average molecular weight is 497 g/mol. The first-order chi connectivity index (χ1) is 15.1. The van der Waals surface area contributed by atoms with Gasteiger partial charge in [-0.2, -0.15) is 0 Å². The molecule has 1 heterocycles. The van der Waals surface area contributed by atoms with E-state index in [1.165, 1.54) is 0 Å². The molecule has 0 saturated heterocycles. The highest BCUT2D eigenvalue weighted by atomic mass is 79.9. The first-order valence-electron chi connectivity index (χ1n) is 9.44. The second-order valence-electron chi connectivity index (χ2n) is 6.86. The highest BCUT2D eigenvalue weighted by Crippen LogP contribution is 2.38. The summed E-state index contributed by atoms with van der Waals surface area (Å²) in [6, 6.07) is 21.9. The molecule has 0 aromatic heterocycles. The van der Waals surface area contributed by atoms with Crippen LogP contribution in [0.5, 0.6) is 23.0 Å². The number of carbonyl (C=O) groups is 1. The van der Waals surface area contributed by atoms with E-state index in [0.29, 0.717) is 39.3 Å². The number of ether oxygens (including phenoxy) is 3. The Kier molecular flexibility index (Phi) is 5.18. The van der Waals surface area contributed by atoms with Crippen LogP contribution in [0.15, 0.2) is 77.3 Å². The molecule has 4 aromatic carbocycles. The summed E-state index contributed by atoms with van der Waals surface area (Å²) in [6.07, 6.45) is 0. The lowest BCUT2D eigenvalue weighted by atomic mass is 10.1. The van der Waals surface area contributed by atoms with Crippen molar-refractivity contribution in [2.75, 3.05) is 12.1 Å². The van der Waals surface area contributed by atoms with Gasteiger partial charge >= 0.3 is 0 Å². The zero-order chi connectivity index (χ0) is 21.4. The largest absolute Gasteiger partial charge is 0.455 e. The lowest BCUT2D eigenvalue weighted by Gasteiger charge is -2.13. The Morgan fingerprint density at radius 3 is 2.52 bits per heavy atom. The van der Waals surface area contributed by atoms with E-state index < -0.39 is 0 Å². The number of rotatable bonds is 4. The van der Waals surface area contributed by atoms with E-state index in [4.69, 9.17) is 25.8 Å². The van der Waals surface area contributed by atoms with E-state index in [9.17, 15) is 4.79 Å². The van der Waals surface area contributed by atoms with Crippen molar-refractivity contribution in [1.29, 1.82) is 0 Å². The fourth-order valence-corrected chi connectivity index (χ4v) is 4.04. The number of amides is 1. The van der Waals surface area contributed by atoms with Gasteiger partial charge in [-0.1, -0.05) is 51.8 Å². The highest BCUT2D eigenvalue weighted by molar-refractivity contribution is 9.10. The fraction of sp³-hybridized carbons (Fsp3) is 0.0417. The minimum Gasteiger partial charge on any atom is -0.455 e. The van der Waals surface area contributed by atoms with Crippen LogP contribution in [0.1, 0.15) is 10.4 Å². The Bertz CT molecular complexity index is 1320. The molecule has 31 heavy (non-hydrogen) atoms. The quantitative estimate of drug-likeness (QED) is 0.329. The third-order valence-electron chi connectivity index (χ3n) is 4.88. The van der Waals surface area contributed by atoms with Crippen molar-refractivity contribution in [3.05, 3.63) is 87.9 Å². The molecule has 1 amide bonds. The summed E-state index contributed by atoms with van der Waals surface area (Å²) in [4.78, 5) is 12.6. The number of hydrogen-bond donors (Lipinski definition) is 1. The predicted molar refractivity (Wildman–Crippen MR) is 124 cm³/mol. The Labute approximate surface area is 191 Å². The Balaban J connectivity index is 1.36. The summed E-state index contributed by atoms with van der Waals surface area (Å²) >= 11 is 10.0. The van der Waals surface area contributed by atoms with E-state index >= 15 is 0 Å². The van der Waals surface area contributed by atoms with Gasteiger partial charge in [0.05, 0.1) is 5.02 Å². The number of benzene rings is 4. The second-order valence-corrected chi connectivity index (χ2v) is 8.12. The van der Waals surface area contributed by atoms with Crippen molar-refractivity contribution in [2.24, 2.45) is 0 Å². The van der Waals surface area contributed by atoms with Crippen LogP contribution in [0.3, 0.4) is 0 Å². The summed E-state index contributed by atoms with van der Waals surface area (Å²) in [5.41, 5.74) is 1.02. The number of halogens is 2. The number of carbonyl (C=O) groups excluding carboxylic acids is 1. The maximum atomic E-state index is 12.6. The van der Waals surface area contributed by atoms with Crippen molar-refractivity contribution >= 4 is 49.9 Å². The maximum Gasteiger partial charge on any atom is 0.255 e. The zero-order valence-electron chi connectivity index (χ0n) is 16.0. The molecule has 1 N–H and O–H groups in total.